The Hall–Kier alpha value is -3.09. The molecule has 1 aromatic heterocycles. The molecule has 1 heterocycles. The van der Waals surface area contributed by atoms with Crippen LogP contribution in [0.15, 0.2) is 59.5 Å². The summed E-state index contributed by atoms with van der Waals surface area (Å²) in [7, 11) is 0. The molecule has 2 aromatic rings. The van der Waals surface area contributed by atoms with Crippen molar-refractivity contribution in [2.45, 2.75) is 44.3 Å². The lowest BCUT2D eigenvalue weighted by atomic mass is 9.86. The van der Waals surface area contributed by atoms with Crippen molar-refractivity contribution < 1.29 is 14.7 Å². The first kappa shape index (κ1) is 19.7. The maximum atomic E-state index is 12.6. The molecule has 1 saturated carbocycles. The summed E-state index contributed by atoms with van der Waals surface area (Å²) in [5, 5.41) is 15.0. The van der Waals surface area contributed by atoms with Gasteiger partial charge >= 0.3 is 12.0 Å². The molecule has 1 aliphatic rings. The zero-order valence-electron chi connectivity index (χ0n) is 15.6. The van der Waals surface area contributed by atoms with Crippen molar-refractivity contribution in [2.75, 3.05) is 0 Å². The van der Waals surface area contributed by atoms with Crippen LogP contribution in [0.4, 0.5) is 4.79 Å². The molecular formula is C21H25N3O4. The van der Waals surface area contributed by atoms with Gasteiger partial charge in [0, 0.05) is 18.3 Å². The van der Waals surface area contributed by atoms with Crippen LogP contribution in [0.3, 0.4) is 0 Å². The van der Waals surface area contributed by atoms with Gasteiger partial charge in [-0.1, -0.05) is 36.4 Å². The SMILES string of the molecule is O=C(NC1CCC(C(=O)O)CC1)NC(Cn1ccccc1=O)c1ccccc1. The van der Waals surface area contributed by atoms with E-state index in [1.54, 1.807) is 22.9 Å². The molecule has 28 heavy (non-hydrogen) atoms. The van der Waals surface area contributed by atoms with Gasteiger partial charge in [-0.2, -0.15) is 0 Å². The summed E-state index contributed by atoms with van der Waals surface area (Å²) in [4.78, 5) is 35.7. The van der Waals surface area contributed by atoms with Crippen LogP contribution in [0.2, 0.25) is 0 Å². The molecule has 0 radical (unpaired) electrons. The van der Waals surface area contributed by atoms with E-state index in [2.05, 4.69) is 10.6 Å². The van der Waals surface area contributed by atoms with Crippen LogP contribution < -0.4 is 16.2 Å². The maximum Gasteiger partial charge on any atom is 0.315 e. The molecule has 148 valence electrons. The fourth-order valence-electron chi connectivity index (χ4n) is 3.60. The molecule has 0 aliphatic heterocycles. The van der Waals surface area contributed by atoms with E-state index in [4.69, 9.17) is 5.11 Å². The second-order valence-corrected chi connectivity index (χ2v) is 7.16. The highest BCUT2D eigenvalue weighted by atomic mass is 16.4. The number of carboxylic acids is 1. The minimum absolute atomic E-state index is 0.0357. The number of amides is 2. The number of aromatic nitrogens is 1. The van der Waals surface area contributed by atoms with Gasteiger partial charge in [0.25, 0.3) is 5.56 Å². The monoisotopic (exact) mass is 383 g/mol. The van der Waals surface area contributed by atoms with Gasteiger partial charge in [-0.3, -0.25) is 9.59 Å². The predicted molar refractivity (Wildman–Crippen MR) is 105 cm³/mol. The molecule has 3 N–H and O–H groups in total. The summed E-state index contributed by atoms with van der Waals surface area (Å²) in [5.41, 5.74) is 0.778. The number of pyridine rings is 1. The highest BCUT2D eigenvalue weighted by Crippen LogP contribution is 2.24. The molecule has 0 bridgehead atoms. The summed E-state index contributed by atoms with van der Waals surface area (Å²) in [6.45, 7) is 0.322. The standard InChI is InChI=1S/C21H25N3O4/c25-19-8-4-5-13-24(19)14-18(15-6-2-1-3-7-15)23-21(28)22-17-11-9-16(10-12-17)20(26)27/h1-8,13,16-18H,9-12,14H2,(H,26,27)(H2,22,23,28). The lowest BCUT2D eigenvalue weighted by molar-refractivity contribution is -0.142. The normalized spacial score (nSPS) is 20.1. The van der Waals surface area contributed by atoms with Gasteiger partial charge in [-0.05, 0) is 37.3 Å². The number of carbonyl (C=O) groups is 2. The topological polar surface area (TPSA) is 100 Å². The van der Waals surface area contributed by atoms with Crippen LogP contribution in [0.5, 0.6) is 0 Å². The Morgan fingerprint density at radius 2 is 1.71 bits per heavy atom. The number of hydrogen-bond acceptors (Lipinski definition) is 3. The van der Waals surface area contributed by atoms with Crippen molar-refractivity contribution in [3.8, 4) is 0 Å². The molecule has 3 rings (SSSR count). The van der Waals surface area contributed by atoms with Crippen molar-refractivity contribution in [3.05, 3.63) is 70.6 Å². The number of carboxylic acid groups (broad SMARTS) is 1. The van der Waals surface area contributed by atoms with Crippen LogP contribution in [-0.2, 0) is 11.3 Å². The largest absolute Gasteiger partial charge is 0.481 e. The Morgan fingerprint density at radius 1 is 1.04 bits per heavy atom. The highest BCUT2D eigenvalue weighted by molar-refractivity contribution is 5.75. The quantitative estimate of drug-likeness (QED) is 0.714. The number of rotatable bonds is 6. The summed E-state index contributed by atoms with van der Waals surface area (Å²) >= 11 is 0. The second-order valence-electron chi connectivity index (χ2n) is 7.16. The van der Waals surface area contributed by atoms with E-state index in [1.807, 2.05) is 30.3 Å². The summed E-state index contributed by atoms with van der Waals surface area (Å²) in [6.07, 6.45) is 4.14. The lowest BCUT2D eigenvalue weighted by Gasteiger charge is -2.28. The predicted octanol–water partition coefficient (Wildman–Crippen LogP) is 2.53. The average Bonchev–Trinajstić information content (AvgIpc) is 2.70. The van der Waals surface area contributed by atoms with Gasteiger partial charge in [0.15, 0.2) is 0 Å². The molecule has 1 aliphatic carbocycles. The Balaban J connectivity index is 1.64. The van der Waals surface area contributed by atoms with Gasteiger partial charge in [0.2, 0.25) is 0 Å². The second kappa shape index (κ2) is 9.21. The third kappa shape index (κ3) is 5.22. The maximum absolute atomic E-state index is 12.6. The molecule has 1 atom stereocenters. The van der Waals surface area contributed by atoms with E-state index in [1.165, 1.54) is 6.07 Å². The first-order valence-electron chi connectivity index (χ1n) is 9.53. The van der Waals surface area contributed by atoms with E-state index in [-0.39, 0.29) is 29.6 Å². The van der Waals surface area contributed by atoms with Crippen molar-refractivity contribution in [3.63, 3.8) is 0 Å². The third-order valence-electron chi connectivity index (χ3n) is 5.20. The highest BCUT2D eigenvalue weighted by Gasteiger charge is 2.27. The van der Waals surface area contributed by atoms with Crippen LogP contribution in [0.25, 0.3) is 0 Å². The number of urea groups is 1. The van der Waals surface area contributed by atoms with Crippen molar-refractivity contribution in [1.29, 1.82) is 0 Å². The van der Waals surface area contributed by atoms with E-state index in [0.717, 1.165) is 5.56 Å². The fraction of sp³-hybridized carbons (Fsp3) is 0.381. The van der Waals surface area contributed by atoms with Gasteiger partial charge < -0.3 is 20.3 Å². The molecule has 7 heteroatoms. The Labute approximate surface area is 163 Å². The molecule has 1 unspecified atom stereocenters. The molecule has 0 spiro atoms. The van der Waals surface area contributed by atoms with Crippen LogP contribution in [0.1, 0.15) is 37.3 Å². The average molecular weight is 383 g/mol. The zero-order valence-corrected chi connectivity index (χ0v) is 15.6. The first-order valence-corrected chi connectivity index (χ1v) is 9.53. The van der Waals surface area contributed by atoms with Gasteiger partial charge in [-0.25, -0.2) is 4.79 Å². The zero-order chi connectivity index (χ0) is 19.9. The van der Waals surface area contributed by atoms with Crippen molar-refractivity contribution >= 4 is 12.0 Å². The molecule has 0 saturated heterocycles. The summed E-state index contributed by atoms with van der Waals surface area (Å²) < 4.78 is 1.57. The Bertz CT molecular complexity index is 857. The number of aliphatic carboxylic acids is 1. The van der Waals surface area contributed by atoms with E-state index in [9.17, 15) is 14.4 Å². The minimum atomic E-state index is -0.764. The van der Waals surface area contributed by atoms with Gasteiger partial charge in [0.1, 0.15) is 0 Å². The fourth-order valence-corrected chi connectivity index (χ4v) is 3.60. The van der Waals surface area contributed by atoms with E-state index >= 15 is 0 Å². The molecule has 1 aromatic carbocycles. The number of hydrogen-bond donors (Lipinski definition) is 3. The van der Waals surface area contributed by atoms with Gasteiger partial charge in [-0.15, -0.1) is 0 Å². The number of nitrogens with zero attached hydrogens (tertiary/aromatic N) is 1. The smallest absolute Gasteiger partial charge is 0.315 e. The van der Waals surface area contributed by atoms with Crippen LogP contribution >= 0.6 is 0 Å². The third-order valence-corrected chi connectivity index (χ3v) is 5.20. The Kier molecular flexibility index (Phi) is 6.47. The first-order chi connectivity index (χ1) is 13.5. The van der Waals surface area contributed by atoms with E-state index in [0.29, 0.717) is 32.2 Å². The summed E-state index contributed by atoms with van der Waals surface area (Å²) in [5.74, 6) is -1.08. The van der Waals surface area contributed by atoms with E-state index < -0.39 is 5.97 Å². The van der Waals surface area contributed by atoms with Crippen LogP contribution in [0, 0.1) is 5.92 Å². The lowest BCUT2D eigenvalue weighted by Crippen LogP contribution is -2.46. The Morgan fingerprint density at radius 3 is 2.36 bits per heavy atom. The summed E-state index contributed by atoms with van der Waals surface area (Å²) in [6, 6.07) is 13.8. The molecular weight excluding hydrogens is 358 g/mol. The minimum Gasteiger partial charge on any atom is -0.481 e. The number of benzene rings is 1. The van der Waals surface area contributed by atoms with Gasteiger partial charge in [0.05, 0.1) is 18.5 Å². The number of carbonyl (C=O) groups excluding carboxylic acids is 1. The number of nitrogens with one attached hydrogen (secondary N) is 2. The van der Waals surface area contributed by atoms with Crippen molar-refractivity contribution in [1.82, 2.24) is 15.2 Å². The molecule has 1 fully saturated rings. The van der Waals surface area contributed by atoms with Crippen molar-refractivity contribution in [2.24, 2.45) is 5.92 Å². The van der Waals surface area contributed by atoms with Crippen LogP contribution in [-0.4, -0.2) is 27.7 Å². The molecule has 7 nitrogen and oxygen atoms in total. The molecule has 2 amide bonds.